The molecule has 1 N–H and O–H groups in total. The lowest BCUT2D eigenvalue weighted by Gasteiger charge is -2.08. The fourth-order valence-corrected chi connectivity index (χ4v) is 2.67. The SMILES string of the molecule is COc1cccc(CCNCc2cccc(C3CC3)c2)c1. The summed E-state index contributed by atoms with van der Waals surface area (Å²) in [6.45, 7) is 1.94. The van der Waals surface area contributed by atoms with Gasteiger partial charge in [0.25, 0.3) is 0 Å². The molecule has 0 unspecified atom stereocenters. The third-order valence-corrected chi connectivity index (χ3v) is 4.05. The summed E-state index contributed by atoms with van der Waals surface area (Å²) >= 11 is 0. The van der Waals surface area contributed by atoms with Crippen LogP contribution in [-0.4, -0.2) is 13.7 Å². The van der Waals surface area contributed by atoms with E-state index in [4.69, 9.17) is 4.74 Å². The molecule has 2 heteroatoms. The number of benzene rings is 2. The Morgan fingerprint density at radius 1 is 1.05 bits per heavy atom. The van der Waals surface area contributed by atoms with Crippen molar-refractivity contribution >= 4 is 0 Å². The molecule has 0 aromatic heterocycles. The van der Waals surface area contributed by atoms with Crippen molar-refractivity contribution in [3.63, 3.8) is 0 Å². The van der Waals surface area contributed by atoms with Crippen LogP contribution in [-0.2, 0) is 13.0 Å². The van der Waals surface area contributed by atoms with Crippen molar-refractivity contribution in [1.82, 2.24) is 5.32 Å². The van der Waals surface area contributed by atoms with Gasteiger partial charge in [0.1, 0.15) is 5.75 Å². The number of methoxy groups -OCH3 is 1. The number of hydrogen-bond acceptors (Lipinski definition) is 2. The maximum atomic E-state index is 5.25. The second-order valence-electron chi connectivity index (χ2n) is 5.80. The van der Waals surface area contributed by atoms with Crippen molar-refractivity contribution < 1.29 is 4.74 Å². The van der Waals surface area contributed by atoms with Crippen molar-refractivity contribution in [2.75, 3.05) is 13.7 Å². The highest BCUT2D eigenvalue weighted by Gasteiger charge is 2.23. The predicted molar refractivity (Wildman–Crippen MR) is 86.8 cm³/mol. The van der Waals surface area contributed by atoms with Crippen LogP contribution in [0.1, 0.15) is 35.4 Å². The summed E-state index contributed by atoms with van der Waals surface area (Å²) in [6, 6.07) is 17.3. The monoisotopic (exact) mass is 281 g/mol. The molecular formula is C19H23NO. The van der Waals surface area contributed by atoms with E-state index >= 15 is 0 Å². The average molecular weight is 281 g/mol. The lowest BCUT2D eigenvalue weighted by molar-refractivity contribution is 0.414. The van der Waals surface area contributed by atoms with Crippen LogP contribution >= 0.6 is 0 Å². The molecule has 1 fully saturated rings. The molecular weight excluding hydrogens is 258 g/mol. The van der Waals surface area contributed by atoms with Crippen LogP contribution in [0.4, 0.5) is 0 Å². The first-order chi connectivity index (χ1) is 10.3. The Hall–Kier alpha value is -1.80. The highest BCUT2D eigenvalue weighted by atomic mass is 16.5. The van der Waals surface area contributed by atoms with Crippen molar-refractivity contribution in [3.05, 3.63) is 65.2 Å². The fraction of sp³-hybridized carbons (Fsp3) is 0.368. The Balaban J connectivity index is 1.46. The highest BCUT2D eigenvalue weighted by molar-refractivity contribution is 5.30. The first kappa shape index (κ1) is 14.2. The number of nitrogens with one attached hydrogen (secondary N) is 1. The van der Waals surface area contributed by atoms with Gasteiger partial charge in [-0.1, -0.05) is 36.4 Å². The third-order valence-electron chi connectivity index (χ3n) is 4.05. The summed E-state index contributed by atoms with van der Waals surface area (Å²) in [5.74, 6) is 1.77. The van der Waals surface area contributed by atoms with E-state index in [1.807, 2.05) is 12.1 Å². The van der Waals surface area contributed by atoms with Gasteiger partial charge in [0.05, 0.1) is 7.11 Å². The highest BCUT2D eigenvalue weighted by Crippen LogP contribution is 2.40. The second-order valence-corrected chi connectivity index (χ2v) is 5.80. The largest absolute Gasteiger partial charge is 0.497 e. The molecule has 2 aromatic carbocycles. The zero-order chi connectivity index (χ0) is 14.5. The van der Waals surface area contributed by atoms with Crippen LogP contribution in [0.15, 0.2) is 48.5 Å². The van der Waals surface area contributed by atoms with Gasteiger partial charge in [-0.15, -0.1) is 0 Å². The first-order valence-electron chi connectivity index (χ1n) is 7.77. The molecule has 0 aliphatic heterocycles. The fourth-order valence-electron chi connectivity index (χ4n) is 2.67. The van der Waals surface area contributed by atoms with Gasteiger partial charge in [0.15, 0.2) is 0 Å². The van der Waals surface area contributed by atoms with E-state index in [1.165, 1.54) is 29.5 Å². The smallest absolute Gasteiger partial charge is 0.119 e. The number of hydrogen-bond donors (Lipinski definition) is 1. The number of ether oxygens (including phenoxy) is 1. The zero-order valence-electron chi connectivity index (χ0n) is 12.6. The predicted octanol–water partition coefficient (Wildman–Crippen LogP) is 3.90. The summed E-state index contributed by atoms with van der Waals surface area (Å²) in [7, 11) is 1.71. The van der Waals surface area contributed by atoms with E-state index < -0.39 is 0 Å². The standard InChI is InChI=1S/C19H23NO/c1-21-19-7-3-4-15(13-19)10-11-20-14-16-5-2-6-18(12-16)17-8-9-17/h2-7,12-13,17,20H,8-11,14H2,1H3. The molecule has 1 aliphatic carbocycles. The Bertz CT molecular complexity index is 590. The van der Waals surface area contributed by atoms with E-state index in [0.717, 1.165) is 31.2 Å². The molecule has 2 nitrogen and oxygen atoms in total. The molecule has 0 atom stereocenters. The van der Waals surface area contributed by atoms with E-state index in [2.05, 4.69) is 41.7 Å². The van der Waals surface area contributed by atoms with E-state index in [9.17, 15) is 0 Å². The van der Waals surface area contributed by atoms with Gasteiger partial charge in [-0.3, -0.25) is 0 Å². The van der Waals surface area contributed by atoms with E-state index in [1.54, 1.807) is 7.11 Å². The van der Waals surface area contributed by atoms with Gasteiger partial charge >= 0.3 is 0 Å². The molecule has 0 amide bonds. The molecule has 0 bridgehead atoms. The van der Waals surface area contributed by atoms with Gasteiger partial charge in [0.2, 0.25) is 0 Å². The molecule has 1 aliphatic rings. The van der Waals surface area contributed by atoms with Crippen molar-refractivity contribution in [3.8, 4) is 5.75 Å². The van der Waals surface area contributed by atoms with E-state index in [0.29, 0.717) is 0 Å². The molecule has 0 spiro atoms. The maximum absolute atomic E-state index is 5.25. The Kier molecular flexibility index (Phi) is 4.56. The zero-order valence-corrected chi connectivity index (χ0v) is 12.6. The summed E-state index contributed by atoms with van der Waals surface area (Å²) in [5.41, 5.74) is 4.22. The minimum atomic E-state index is 0.835. The molecule has 0 saturated heterocycles. The van der Waals surface area contributed by atoms with Gasteiger partial charge in [-0.2, -0.15) is 0 Å². The average Bonchev–Trinajstić information content (AvgIpc) is 3.37. The second kappa shape index (κ2) is 6.77. The molecule has 0 radical (unpaired) electrons. The summed E-state index contributed by atoms with van der Waals surface area (Å²) in [5, 5.41) is 3.53. The van der Waals surface area contributed by atoms with Crippen LogP contribution in [0.3, 0.4) is 0 Å². The van der Waals surface area contributed by atoms with Crippen LogP contribution in [0.5, 0.6) is 5.75 Å². The minimum absolute atomic E-state index is 0.835. The van der Waals surface area contributed by atoms with Crippen molar-refractivity contribution in [1.29, 1.82) is 0 Å². The van der Waals surface area contributed by atoms with Crippen LogP contribution in [0.2, 0.25) is 0 Å². The maximum Gasteiger partial charge on any atom is 0.119 e. The molecule has 21 heavy (non-hydrogen) atoms. The molecule has 110 valence electrons. The Morgan fingerprint density at radius 3 is 2.67 bits per heavy atom. The third kappa shape index (κ3) is 4.08. The lowest BCUT2D eigenvalue weighted by Crippen LogP contribution is -2.16. The first-order valence-corrected chi connectivity index (χ1v) is 7.77. The van der Waals surface area contributed by atoms with Gasteiger partial charge in [-0.05, 0) is 60.5 Å². The molecule has 0 heterocycles. The van der Waals surface area contributed by atoms with Crippen molar-refractivity contribution in [2.45, 2.75) is 31.7 Å². The van der Waals surface area contributed by atoms with Gasteiger partial charge in [-0.25, -0.2) is 0 Å². The van der Waals surface area contributed by atoms with Crippen LogP contribution in [0.25, 0.3) is 0 Å². The summed E-state index contributed by atoms with van der Waals surface area (Å²) in [4.78, 5) is 0. The minimum Gasteiger partial charge on any atom is -0.497 e. The van der Waals surface area contributed by atoms with Gasteiger partial charge < -0.3 is 10.1 Å². The Morgan fingerprint density at radius 2 is 1.86 bits per heavy atom. The van der Waals surface area contributed by atoms with E-state index in [-0.39, 0.29) is 0 Å². The van der Waals surface area contributed by atoms with Crippen molar-refractivity contribution in [2.24, 2.45) is 0 Å². The van der Waals surface area contributed by atoms with Crippen LogP contribution in [0, 0.1) is 0 Å². The quantitative estimate of drug-likeness (QED) is 0.777. The molecule has 3 rings (SSSR count). The number of rotatable bonds is 7. The topological polar surface area (TPSA) is 21.3 Å². The molecule has 2 aromatic rings. The summed E-state index contributed by atoms with van der Waals surface area (Å²) in [6.07, 6.45) is 3.76. The van der Waals surface area contributed by atoms with Gasteiger partial charge in [0, 0.05) is 6.54 Å². The normalized spacial score (nSPS) is 14.1. The lowest BCUT2D eigenvalue weighted by atomic mass is 10.1. The Labute approximate surface area is 127 Å². The van der Waals surface area contributed by atoms with Crippen LogP contribution < -0.4 is 10.1 Å². The summed E-state index contributed by atoms with van der Waals surface area (Å²) < 4.78 is 5.25. The molecule has 1 saturated carbocycles.